The first-order chi connectivity index (χ1) is 9.26. The van der Waals surface area contributed by atoms with Crippen molar-refractivity contribution in [1.29, 1.82) is 0 Å². The first-order valence-electron chi connectivity index (χ1n) is 6.32. The zero-order valence-electron chi connectivity index (χ0n) is 10.6. The van der Waals surface area contributed by atoms with E-state index in [1.54, 1.807) is 11.3 Å². The van der Waals surface area contributed by atoms with Crippen LogP contribution < -0.4 is 4.57 Å². The lowest BCUT2D eigenvalue weighted by molar-refractivity contribution is -0.696. The van der Waals surface area contributed by atoms with Gasteiger partial charge in [-0.15, -0.1) is 11.3 Å². The highest BCUT2D eigenvalue weighted by Crippen LogP contribution is 2.31. The fourth-order valence-corrected chi connectivity index (χ4v) is 3.55. The molecule has 0 aliphatic heterocycles. The van der Waals surface area contributed by atoms with E-state index in [9.17, 15) is 0 Å². The van der Waals surface area contributed by atoms with E-state index >= 15 is 0 Å². The van der Waals surface area contributed by atoms with E-state index in [1.807, 2.05) is 6.07 Å². The van der Waals surface area contributed by atoms with Crippen LogP contribution in [0.1, 0.15) is 13.3 Å². The second-order valence-electron chi connectivity index (χ2n) is 4.46. The van der Waals surface area contributed by atoms with Crippen molar-refractivity contribution in [2.45, 2.75) is 19.9 Å². The normalized spacial score (nSPS) is 11.1. The Balaban J connectivity index is 1.99. The molecular formula is C15H14BrN2S+. The molecule has 4 heteroatoms. The third-order valence-corrected chi connectivity index (χ3v) is 4.53. The summed E-state index contributed by atoms with van der Waals surface area (Å²) in [6, 6.07) is 10.5. The molecule has 2 aromatic heterocycles. The molecule has 2 nitrogen and oxygen atoms in total. The number of thiazole rings is 1. The topological polar surface area (TPSA) is 16.8 Å². The maximum absolute atomic E-state index is 4.69. The lowest BCUT2D eigenvalue weighted by atomic mass is 10.3. The van der Waals surface area contributed by atoms with E-state index in [0.29, 0.717) is 0 Å². The van der Waals surface area contributed by atoms with E-state index in [4.69, 9.17) is 0 Å². The van der Waals surface area contributed by atoms with E-state index < -0.39 is 0 Å². The fraction of sp³-hybridized carbons (Fsp3) is 0.200. The summed E-state index contributed by atoms with van der Waals surface area (Å²) >= 11 is 5.23. The van der Waals surface area contributed by atoms with Crippen LogP contribution in [0.15, 0.2) is 47.2 Å². The number of pyridine rings is 1. The largest absolute Gasteiger partial charge is 0.236 e. The molecule has 0 saturated carbocycles. The van der Waals surface area contributed by atoms with Gasteiger partial charge in [0.15, 0.2) is 12.4 Å². The molecule has 0 amide bonds. The first kappa shape index (κ1) is 12.8. The standard InChI is InChI=1S/C15H14BrN2S/c1-2-7-18-8-5-11(6-9-18)15-17-13-4-3-12(16)10-14(13)19-15/h3-6,8-10H,2,7H2,1H3/q+1. The van der Waals surface area contributed by atoms with Crippen LogP contribution in [0.3, 0.4) is 0 Å². The van der Waals surface area contributed by atoms with Crippen LogP contribution >= 0.6 is 27.3 Å². The van der Waals surface area contributed by atoms with Gasteiger partial charge in [-0.3, -0.25) is 0 Å². The molecule has 1 aromatic carbocycles. The highest BCUT2D eigenvalue weighted by atomic mass is 79.9. The van der Waals surface area contributed by atoms with Crippen LogP contribution in [-0.2, 0) is 6.54 Å². The maximum Gasteiger partial charge on any atom is 0.169 e. The smallest absolute Gasteiger partial charge is 0.169 e. The number of halogens is 1. The van der Waals surface area contributed by atoms with Gasteiger partial charge in [-0.25, -0.2) is 9.55 Å². The van der Waals surface area contributed by atoms with E-state index in [1.165, 1.54) is 10.3 Å². The minimum atomic E-state index is 1.06. The summed E-state index contributed by atoms with van der Waals surface area (Å²) in [5, 5.41) is 1.08. The minimum absolute atomic E-state index is 1.06. The molecule has 19 heavy (non-hydrogen) atoms. The summed E-state index contributed by atoms with van der Waals surface area (Å²) in [5.74, 6) is 0. The lowest BCUT2D eigenvalue weighted by Crippen LogP contribution is -2.31. The minimum Gasteiger partial charge on any atom is -0.236 e. The van der Waals surface area contributed by atoms with Gasteiger partial charge in [0.1, 0.15) is 11.6 Å². The number of rotatable bonds is 3. The number of hydrogen-bond acceptors (Lipinski definition) is 2. The molecule has 0 saturated heterocycles. The monoisotopic (exact) mass is 333 g/mol. The predicted octanol–water partition coefficient (Wildman–Crippen LogP) is 4.42. The second-order valence-corrected chi connectivity index (χ2v) is 6.40. The summed E-state index contributed by atoms with van der Waals surface area (Å²) in [7, 11) is 0. The summed E-state index contributed by atoms with van der Waals surface area (Å²) in [5.41, 5.74) is 2.25. The molecule has 0 N–H and O–H groups in total. The highest BCUT2D eigenvalue weighted by Gasteiger charge is 2.08. The molecule has 0 fully saturated rings. The van der Waals surface area contributed by atoms with Crippen LogP contribution in [0.5, 0.6) is 0 Å². The number of hydrogen-bond donors (Lipinski definition) is 0. The molecule has 2 heterocycles. The van der Waals surface area contributed by atoms with Gasteiger partial charge < -0.3 is 0 Å². The average Bonchev–Trinajstić information content (AvgIpc) is 2.83. The first-order valence-corrected chi connectivity index (χ1v) is 7.93. The van der Waals surface area contributed by atoms with Gasteiger partial charge in [0.25, 0.3) is 0 Å². The third-order valence-electron chi connectivity index (χ3n) is 2.97. The summed E-state index contributed by atoms with van der Waals surface area (Å²) in [6.07, 6.45) is 5.40. The summed E-state index contributed by atoms with van der Waals surface area (Å²) in [6.45, 7) is 3.25. The number of benzene rings is 1. The number of aryl methyl sites for hydroxylation is 1. The van der Waals surface area contributed by atoms with Gasteiger partial charge in [0.05, 0.1) is 10.2 Å². The number of fused-ring (bicyclic) bond motifs is 1. The Morgan fingerprint density at radius 2 is 2.00 bits per heavy atom. The molecule has 0 unspecified atom stereocenters. The van der Waals surface area contributed by atoms with Crippen molar-refractivity contribution in [1.82, 2.24) is 4.98 Å². The van der Waals surface area contributed by atoms with Crippen LogP contribution in [0, 0.1) is 0 Å². The van der Waals surface area contributed by atoms with Crippen molar-refractivity contribution in [2.24, 2.45) is 0 Å². The maximum atomic E-state index is 4.69. The molecular weight excluding hydrogens is 320 g/mol. The highest BCUT2D eigenvalue weighted by molar-refractivity contribution is 9.10. The Hall–Kier alpha value is -1.26. The number of nitrogens with zero attached hydrogens (tertiary/aromatic N) is 2. The second kappa shape index (κ2) is 5.39. The summed E-state index contributed by atoms with van der Waals surface area (Å²) < 4.78 is 4.52. The van der Waals surface area contributed by atoms with E-state index in [-0.39, 0.29) is 0 Å². The summed E-state index contributed by atoms with van der Waals surface area (Å²) in [4.78, 5) is 4.69. The Morgan fingerprint density at radius 1 is 1.21 bits per heavy atom. The SMILES string of the molecule is CCC[n+]1ccc(-c2nc3ccc(Br)cc3s2)cc1. The zero-order chi connectivity index (χ0) is 13.2. The lowest BCUT2D eigenvalue weighted by Gasteiger charge is -1.95. The van der Waals surface area contributed by atoms with Crippen molar-refractivity contribution in [3.8, 4) is 10.6 Å². The molecule has 0 atom stereocenters. The van der Waals surface area contributed by atoms with E-state index in [0.717, 1.165) is 28.0 Å². The zero-order valence-corrected chi connectivity index (χ0v) is 13.0. The molecule has 0 spiro atoms. The molecule has 3 aromatic rings. The Morgan fingerprint density at radius 3 is 2.74 bits per heavy atom. The number of aromatic nitrogens is 2. The van der Waals surface area contributed by atoms with Crippen molar-refractivity contribution in [2.75, 3.05) is 0 Å². The third kappa shape index (κ3) is 2.69. The quantitative estimate of drug-likeness (QED) is 0.648. The van der Waals surface area contributed by atoms with Crippen molar-refractivity contribution in [3.63, 3.8) is 0 Å². The van der Waals surface area contributed by atoms with Gasteiger partial charge in [-0.05, 0) is 18.2 Å². The van der Waals surface area contributed by atoms with Gasteiger partial charge in [0.2, 0.25) is 0 Å². The Bertz CT molecular complexity index is 704. The van der Waals surface area contributed by atoms with Crippen LogP contribution in [0.2, 0.25) is 0 Å². The van der Waals surface area contributed by atoms with Crippen molar-refractivity contribution >= 4 is 37.5 Å². The van der Waals surface area contributed by atoms with Crippen molar-refractivity contribution in [3.05, 3.63) is 47.2 Å². The Kier molecular flexibility index (Phi) is 3.62. The molecule has 0 aliphatic rings. The fourth-order valence-electron chi connectivity index (χ4n) is 2.03. The molecule has 3 rings (SSSR count). The van der Waals surface area contributed by atoms with Crippen molar-refractivity contribution < 1.29 is 4.57 Å². The molecule has 0 bridgehead atoms. The van der Waals surface area contributed by atoms with Gasteiger partial charge >= 0.3 is 0 Å². The van der Waals surface area contributed by atoms with Gasteiger partial charge in [-0.2, -0.15) is 0 Å². The molecule has 96 valence electrons. The van der Waals surface area contributed by atoms with Crippen LogP contribution in [-0.4, -0.2) is 4.98 Å². The average molecular weight is 334 g/mol. The molecule has 0 aliphatic carbocycles. The molecule has 0 radical (unpaired) electrons. The van der Waals surface area contributed by atoms with E-state index in [2.05, 4.69) is 69.1 Å². The van der Waals surface area contributed by atoms with Gasteiger partial charge in [0, 0.05) is 28.6 Å². The van der Waals surface area contributed by atoms with Gasteiger partial charge in [-0.1, -0.05) is 22.9 Å². The van der Waals surface area contributed by atoms with Crippen LogP contribution in [0.4, 0.5) is 0 Å². The van der Waals surface area contributed by atoms with Crippen LogP contribution in [0.25, 0.3) is 20.8 Å². The predicted molar refractivity (Wildman–Crippen MR) is 83.2 cm³/mol. The Labute approximate surface area is 124 Å².